The van der Waals surface area contributed by atoms with Crippen molar-refractivity contribution in [1.82, 2.24) is 28.7 Å². The van der Waals surface area contributed by atoms with Gasteiger partial charge in [-0.2, -0.15) is 0 Å². The van der Waals surface area contributed by atoms with Gasteiger partial charge in [-0.1, -0.05) is 146 Å². The number of hydrogen-bond acceptors (Lipinski definition) is 3. The fourth-order valence-electron chi connectivity index (χ4n) is 9.24. The highest BCUT2D eigenvalue weighted by molar-refractivity contribution is 5.63. The van der Waals surface area contributed by atoms with Crippen LogP contribution in [0.15, 0.2) is 201 Å². The van der Waals surface area contributed by atoms with Crippen LogP contribution in [0.4, 0.5) is 0 Å². The summed E-state index contributed by atoms with van der Waals surface area (Å²) in [6.07, 6.45) is 17.6. The molecular formula is C60H54N6. The maximum Gasteiger partial charge on any atom is 0.144 e. The maximum atomic E-state index is 4.75. The van der Waals surface area contributed by atoms with Crippen molar-refractivity contribution in [2.75, 3.05) is 0 Å². The normalized spacial score (nSPS) is 11.3. The van der Waals surface area contributed by atoms with E-state index in [0.29, 0.717) is 0 Å². The van der Waals surface area contributed by atoms with Gasteiger partial charge in [-0.05, 0) is 128 Å². The molecule has 0 atom stereocenters. The summed E-state index contributed by atoms with van der Waals surface area (Å²) in [4.78, 5) is 14.2. The summed E-state index contributed by atoms with van der Waals surface area (Å²) in [7, 11) is 0. The maximum absolute atomic E-state index is 4.75. The van der Waals surface area contributed by atoms with Crippen LogP contribution in [-0.4, -0.2) is 28.7 Å². The Morgan fingerprint density at radius 2 is 0.561 bits per heavy atom. The zero-order chi connectivity index (χ0) is 44.8. The third-order valence-corrected chi connectivity index (χ3v) is 12.9. The monoisotopic (exact) mass is 858 g/mol. The molecule has 3 heterocycles. The van der Waals surface area contributed by atoms with Crippen LogP contribution < -0.4 is 0 Å². The van der Waals surface area contributed by atoms with Crippen LogP contribution >= 0.6 is 0 Å². The first-order valence-electron chi connectivity index (χ1n) is 23.1. The molecule has 0 unspecified atom stereocenters. The Bertz CT molecular complexity index is 2860. The summed E-state index contributed by atoms with van der Waals surface area (Å²) in [5, 5.41) is 0. The van der Waals surface area contributed by atoms with Gasteiger partial charge in [0.2, 0.25) is 0 Å². The number of hydrogen-bond donors (Lipinski definition) is 0. The van der Waals surface area contributed by atoms with Gasteiger partial charge in [0.1, 0.15) is 17.5 Å². The predicted molar refractivity (Wildman–Crippen MR) is 270 cm³/mol. The highest BCUT2D eigenvalue weighted by Gasteiger charge is 2.14. The summed E-state index contributed by atoms with van der Waals surface area (Å²) in [5.41, 5.74) is 18.6. The molecule has 6 heteroatoms. The molecule has 0 saturated carbocycles. The van der Waals surface area contributed by atoms with Gasteiger partial charge in [0.05, 0.1) is 0 Å². The molecule has 0 N–H and O–H groups in total. The third kappa shape index (κ3) is 9.22. The molecule has 0 aliphatic carbocycles. The molecule has 3 aromatic heterocycles. The van der Waals surface area contributed by atoms with Gasteiger partial charge in [-0.25, -0.2) is 15.0 Å². The lowest BCUT2D eigenvalue weighted by Crippen LogP contribution is -2.01. The minimum atomic E-state index is 0.958. The SMILES string of the molecule is Cc1ccccc1-n1ccnc1-c1ccc(CCc2cc(CCc3ccc(-c4nccn4-c4ccccc4C)cc3)cc(CCc3ccc(-c4nccn4-c4ccccc4C)cc3)c2)cc1. The molecule has 0 bridgehead atoms. The minimum absolute atomic E-state index is 0.958. The van der Waals surface area contributed by atoms with Crippen LogP contribution in [0, 0.1) is 20.8 Å². The summed E-state index contributed by atoms with van der Waals surface area (Å²) < 4.78 is 6.55. The number of rotatable bonds is 15. The second-order valence-corrected chi connectivity index (χ2v) is 17.5. The zero-order valence-corrected chi connectivity index (χ0v) is 38.0. The number of para-hydroxylation sites is 3. The molecule has 0 spiro atoms. The molecule has 66 heavy (non-hydrogen) atoms. The zero-order valence-electron chi connectivity index (χ0n) is 38.0. The molecule has 324 valence electrons. The molecule has 0 amide bonds. The standard InChI is InChI=1S/C60H54N6/c1-43-10-4-7-13-55(43)64-37-34-61-58(64)52-28-22-46(23-29-52)16-19-49-40-50(20-17-47-24-30-53(31-25-47)59-62-35-38-65(59)56-14-8-5-11-44(56)2)42-51(41-49)21-18-48-26-32-54(33-27-48)60-63-36-39-66(60)57-15-9-6-12-45(57)3/h4-15,22-42H,16-21H2,1-3H3. The van der Waals surface area contributed by atoms with Crippen molar-refractivity contribution in [3.63, 3.8) is 0 Å². The number of aryl methyl sites for hydroxylation is 9. The van der Waals surface area contributed by atoms with E-state index in [1.165, 1.54) is 50.1 Å². The van der Waals surface area contributed by atoms with Crippen LogP contribution in [0.5, 0.6) is 0 Å². The molecule has 0 aliphatic rings. The summed E-state index contributed by atoms with van der Waals surface area (Å²) >= 11 is 0. The first-order valence-corrected chi connectivity index (χ1v) is 23.1. The number of benzene rings is 7. The highest BCUT2D eigenvalue weighted by Crippen LogP contribution is 2.28. The first-order chi connectivity index (χ1) is 32.4. The second kappa shape index (κ2) is 19.1. The van der Waals surface area contributed by atoms with Crippen LogP contribution in [0.25, 0.3) is 51.2 Å². The van der Waals surface area contributed by atoms with E-state index in [0.717, 1.165) is 89.8 Å². The Kier molecular flexibility index (Phi) is 12.2. The predicted octanol–water partition coefficient (Wildman–Crippen LogP) is 13.5. The molecule has 7 aromatic carbocycles. The second-order valence-electron chi connectivity index (χ2n) is 17.5. The van der Waals surface area contributed by atoms with E-state index < -0.39 is 0 Å². The van der Waals surface area contributed by atoms with Crippen LogP contribution in [0.2, 0.25) is 0 Å². The Morgan fingerprint density at radius 1 is 0.303 bits per heavy atom. The Balaban J connectivity index is 0.855. The van der Waals surface area contributed by atoms with Crippen molar-refractivity contribution in [3.8, 4) is 51.2 Å². The lowest BCUT2D eigenvalue weighted by molar-refractivity contribution is 0.903. The van der Waals surface area contributed by atoms with Crippen molar-refractivity contribution in [2.24, 2.45) is 0 Å². The molecule has 10 rings (SSSR count). The third-order valence-electron chi connectivity index (χ3n) is 12.9. The van der Waals surface area contributed by atoms with Gasteiger partial charge >= 0.3 is 0 Å². The molecule has 0 aliphatic heterocycles. The van der Waals surface area contributed by atoms with Gasteiger partial charge in [-0.15, -0.1) is 0 Å². The smallest absolute Gasteiger partial charge is 0.144 e. The topological polar surface area (TPSA) is 53.5 Å². The van der Waals surface area contributed by atoms with Gasteiger partial charge in [0.15, 0.2) is 0 Å². The van der Waals surface area contributed by atoms with E-state index in [1.54, 1.807) is 0 Å². The molecule has 0 radical (unpaired) electrons. The van der Waals surface area contributed by atoms with E-state index in [1.807, 2.05) is 37.2 Å². The number of nitrogens with zero attached hydrogens (tertiary/aromatic N) is 6. The summed E-state index contributed by atoms with van der Waals surface area (Å²) in [5.74, 6) is 2.87. The summed E-state index contributed by atoms with van der Waals surface area (Å²) in [6, 6.07) is 59.6. The number of aromatic nitrogens is 6. The number of imidazole rings is 3. The average Bonchev–Trinajstić information content (AvgIpc) is 4.16. The lowest BCUT2D eigenvalue weighted by Gasteiger charge is -2.13. The highest BCUT2D eigenvalue weighted by atomic mass is 15.1. The largest absolute Gasteiger partial charge is 0.300 e. The van der Waals surface area contributed by atoms with Crippen molar-refractivity contribution in [2.45, 2.75) is 59.3 Å². The van der Waals surface area contributed by atoms with Gasteiger partial charge < -0.3 is 0 Å². The Morgan fingerprint density at radius 3 is 0.833 bits per heavy atom. The quantitative estimate of drug-likeness (QED) is 0.103. The Hall–Kier alpha value is -7.83. The molecular weight excluding hydrogens is 805 g/mol. The molecule has 10 aromatic rings. The van der Waals surface area contributed by atoms with Crippen LogP contribution in [-0.2, 0) is 38.5 Å². The van der Waals surface area contributed by atoms with Crippen molar-refractivity contribution in [3.05, 3.63) is 251 Å². The fourth-order valence-corrected chi connectivity index (χ4v) is 9.24. The van der Waals surface area contributed by atoms with Crippen LogP contribution in [0.3, 0.4) is 0 Å². The van der Waals surface area contributed by atoms with E-state index in [9.17, 15) is 0 Å². The fraction of sp³-hybridized carbons (Fsp3) is 0.150. The van der Waals surface area contributed by atoms with Gasteiger partial charge in [0, 0.05) is 70.9 Å². The lowest BCUT2D eigenvalue weighted by atomic mass is 9.94. The summed E-state index contributed by atoms with van der Waals surface area (Å²) in [6.45, 7) is 6.44. The van der Waals surface area contributed by atoms with Crippen molar-refractivity contribution < 1.29 is 0 Å². The minimum Gasteiger partial charge on any atom is -0.300 e. The Labute approximate surface area is 388 Å². The van der Waals surface area contributed by atoms with Crippen LogP contribution in [0.1, 0.15) is 50.1 Å². The van der Waals surface area contributed by atoms with Crippen molar-refractivity contribution in [1.29, 1.82) is 0 Å². The first kappa shape index (κ1) is 42.1. The van der Waals surface area contributed by atoms with E-state index >= 15 is 0 Å². The molecule has 6 nitrogen and oxygen atoms in total. The van der Waals surface area contributed by atoms with Gasteiger partial charge in [0.25, 0.3) is 0 Å². The van der Waals surface area contributed by atoms with E-state index in [-0.39, 0.29) is 0 Å². The van der Waals surface area contributed by atoms with Crippen molar-refractivity contribution >= 4 is 0 Å². The van der Waals surface area contributed by atoms with Gasteiger partial charge in [-0.3, -0.25) is 13.7 Å². The average molecular weight is 859 g/mol. The molecule has 0 saturated heterocycles. The van der Waals surface area contributed by atoms with E-state index in [4.69, 9.17) is 15.0 Å². The molecule has 0 fully saturated rings. The van der Waals surface area contributed by atoms with E-state index in [2.05, 4.69) is 198 Å².